The van der Waals surface area contributed by atoms with E-state index in [9.17, 15) is 4.79 Å². The van der Waals surface area contributed by atoms with Gasteiger partial charge in [0.1, 0.15) is 0 Å². The maximum Gasteiger partial charge on any atom is 0.244 e. The van der Waals surface area contributed by atoms with Gasteiger partial charge in [-0.15, -0.1) is 6.58 Å². The zero-order valence-electron chi connectivity index (χ0n) is 11.4. The van der Waals surface area contributed by atoms with Crippen LogP contribution in [0.1, 0.15) is 31.9 Å². The third-order valence-corrected chi connectivity index (χ3v) is 2.62. The summed E-state index contributed by atoms with van der Waals surface area (Å²) in [5.41, 5.74) is 2.47. The van der Waals surface area contributed by atoms with Crippen LogP contribution < -0.4 is 5.32 Å². The first-order valence-electron chi connectivity index (χ1n) is 6.11. The molecule has 0 saturated heterocycles. The Hall–Kier alpha value is -1.83. The minimum absolute atomic E-state index is 0.102. The maximum atomic E-state index is 11.4. The van der Waals surface area contributed by atoms with Gasteiger partial charge in [-0.05, 0) is 22.6 Å². The van der Waals surface area contributed by atoms with Gasteiger partial charge in [-0.1, -0.05) is 51.1 Å². The molecule has 0 aromatic heterocycles. The Morgan fingerprint density at radius 3 is 2.39 bits per heavy atom. The van der Waals surface area contributed by atoms with Crippen LogP contribution in [-0.2, 0) is 10.2 Å². The highest BCUT2D eigenvalue weighted by Crippen LogP contribution is 2.22. The zero-order chi connectivity index (χ0) is 13.6. The second-order valence-corrected chi connectivity index (χ2v) is 5.24. The molecule has 2 heteroatoms. The molecule has 0 bridgehead atoms. The Morgan fingerprint density at radius 1 is 1.28 bits per heavy atom. The van der Waals surface area contributed by atoms with Crippen LogP contribution in [0.4, 0.5) is 0 Å². The third-order valence-electron chi connectivity index (χ3n) is 2.62. The minimum Gasteiger partial charge on any atom is -0.349 e. The van der Waals surface area contributed by atoms with Crippen molar-refractivity contribution in [3.63, 3.8) is 0 Å². The van der Waals surface area contributed by atoms with Crippen LogP contribution in [0.5, 0.6) is 0 Å². The second-order valence-electron chi connectivity index (χ2n) is 5.24. The molecule has 18 heavy (non-hydrogen) atoms. The first-order chi connectivity index (χ1) is 8.43. The molecular weight excluding hydrogens is 222 g/mol. The molecule has 0 radical (unpaired) electrons. The predicted molar refractivity (Wildman–Crippen MR) is 77.4 cm³/mol. The summed E-state index contributed by atoms with van der Waals surface area (Å²) in [7, 11) is 0. The first kappa shape index (κ1) is 14.2. The van der Waals surface area contributed by atoms with Crippen LogP contribution in [0.3, 0.4) is 0 Å². The molecule has 0 fully saturated rings. The highest BCUT2D eigenvalue weighted by atomic mass is 16.1. The Morgan fingerprint density at radius 2 is 1.89 bits per heavy atom. The summed E-state index contributed by atoms with van der Waals surface area (Å²) in [6, 6.07) is 8.25. The van der Waals surface area contributed by atoms with Crippen molar-refractivity contribution in [3.8, 4) is 0 Å². The fourth-order valence-electron chi connectivity index (χ4n) is 1.50. The van der Waals surface area contributed by atoms with E-state index in [1.807, 2.05) is 18.2 Å². The van der Waals surface area contributed by atoms with Crippen LogP contribution in [0.15, 0.2) is 43.0 Å². The van der Waals surface area contributed by atoms with Crippen molar-refractivity contribution in [2.24, 2.45) is 0 Å². The zero-order valence-corrected chi connectivity index (χ0v) is 11.4. The van der Waals surface area contributed by atoms with Crippen LogP contribution in [0.25, 0.3) is 6.08 Å². The SMILES string of the molecule is C=CCNC(=O)/C=C/c1ccc(C(C)(C)C)cc1. The van der Waals surface area contributed by atoms with E-state index in [4.69, 9.17) is 0 Å². The average Bonchev–Trinajstić information content (AvgIpc) is 2.33. The number of rotatable bonds is 4. The summed E-state index contributed by atoms with van der Waals surface area (Å²) >= 11 is 0. The largest absolute Gasteiger partial charge is 0.349 e. The Bertz CT molecular complexity index is 435. The fourth-order valence-corrected chi connectivity index (χ4v) is 1.50. The van der Waals surface area contributed by atoms with Gasteiger partial charge in [0.2, 0.25) is 5.91 Å². The van der Waals surface area contributed by atoms with Crippen molar-refractivity contribution < 1.29 is 4.79 Å². The molecule has 1 amide bonds. The summed E-state index contributed by atoms with van der Waals surface area (Å²) in [4.78, 5) is 11.4. The summed E-state index contributed by atoms with van der Waals surface area (Å²) in [6.45, 7) is 10.6. The van der Waals surface area contributed by atoms with Crippen molar-refractivity contribution in [1.82, 2.24) is 5.32 Å². The molecule has 1 aromatic rings. The summed E-state index contributed by atoms with van der Waals surface area (Å²) in [6.07, 6.45) is 5.00. The van der Waals surface area contributed by atoms with E-state index in [0.717, 1.165) is 5.56 Å². The lowest BCUT2D eigenvalue weighted by molar-refractivity contribution is -0.116. The van der Waals surface area contributed by atoms with Crippen LogP contribution in [-0.4, -0.2) is 12.5 Å². The molecule has 2 nitrogen and oxygen atoms in total. The molecule has 0 atom stereocenters. The molecule has 1 N–H and O–H groups in total. The minimum atomic E-state index is -0.102. The summed E-state index contributed by atoms with van der Waals surface area (Å²) in [5.74, 6) is -0.102. The molecule has 0 saturated carbocycles. The lowest BCUT2D eigenvalue weighted by atomic mass is 9.87. The van der Waals surface area contributed by atoms with Gasteiger partial charge in [-0.3, -0.25) is 4.79 Å². The van der Waals surface area contributed by atoms with Crippen molar-refractivity contribution in [3.05, 3.63) is 54.1 Å². The van der Waals surface area contributed by atoms with Gasteiger partial charge in [0.05, 0.1) is 0 Å². The van der Waals surface area contributed by atoms with Gasteiger partial charge in [-0.2, -0.15) is 0 Å². The number of hydrogen-bond acceptors (Lipinski definition) is 1. The topological polar surface area (TPSA) is 29.1 Å². The van der Waals surface area contributed by atoms with E-state index in [0.29, 0.717) is 6.54 Å². The van der Waals surface area contributed by atoms with E-state index >= 15 is 0 Å². The molecule has 0 unspecified atom stereocenters. The predicted octanol–water partition coefficient (Wildman–Crippen LogP) is 3.30. The lowest BCUT2D eigenvalue weighted by Crippen LogP contribution is -2.20. The van der Waals surface area contributed by atoms with E-state index in [1.165, 1.54) is 11.6 Å². The number of amides is 1. The first-order valence-corrected chi connectivity index (χ1v) is 6.11. The number of nitrogens with one attached hydrogen (secondary N) is 1. The molecule has 0 heterocycles. The van der Waals surface area contributed by atoms with Crippen molar-refractivity contribution in [1.29, 1.82) is 0 Å². The number of carbonyl (C=O) groups excluding carboxylic acids is 1. The van der Waals surface area contributed by atoms with Crippen LogP contribution in [0.2, 0.25) is 0 Å². The van der Waals surface area contributed by atoms with Gasteiger partial charge in [0.15, 0.2) is 0 Å². The maximum absolute atomic E-state index is 11.4. The molecule has 0 aliphatic heterocycles. The molecule has 1 aromatic carbocycles. The number of hydrogen-bond donors (Lipinski definition) is 1. The van der Waals surface area contributed by atoms with Crippen molar-refractivity contribution >= 4 is 12.0 Å². The number of carbonyl (C=O) groups is 1. The molecule has 0 aliphatic rings. The Balaban J connectivity index is 2.66. The number of benzene rings is 1. The quantitative estimate of drug-likeness (QED) is 0.638. The molecular formula is C16H21NO. The van der Waals surface area contributed by atoms with Crippen LogP contribution >= 0.6 is 0 Å². The highest BCUT2D eigenvalue weighted by molar-refractivity contribution is 5.91. The fraction of sp³-hybridized carbons (Fsp3) is 0.312. The standard InChI is InChI=1S/C16H21NO/c1-5-12-17-15(18)11-8-13-6-9-14(10-7-13)16(2,3)4/h5-11H,1,12H2,2-4H3,(H,17,18)/b11-8+. The van der Waals surface area contributed by atoms with Gasteiger partial charge >= 0.3 is 0 Å². The van der Waals surface area contributed by atoms with Crippen LogP contribution in [0, 0.1) is 0 Å². The van der Waals surface area contributed by atoms with E-state index in [2.05, 4.69) is 44.8 Å². The van der Waals surface area contributed by atoms with Gasteiger partial charge < -0.3 is 5.32 Å². The smallest absolute Gasteiger partial charge is 0.244 e. The lowest BCUT2D eigenvalue weighted by Gasteiger charge is -2.18. The normalized spacial score (nSPS) is 11.5. The van der Waals surface area contributed by atoms with E-state index in [1.54, 1.807) is 6.08 Å². The molecule has 0 spiro atoms. The summed E-state index contributed by atoms with van der Waals surface area (Å²) in [5, 5.41) is 2.69. The molecule has 96 valence electrons. The van der Waals surface area contributed by atoms with Crippen molar-refractivity contribution in [2.75, 3.05) is 6.54 Å². The molecule has 1 rings (SSSR count). The Labute approximate surface area is 109 Å². The average molecular weight is 243 g/mol. The van der Waals surface area contributed by atoms with Gasteiger partial charge in [0, 0.05) is 12.6 Å². The second kappa shape index (κ2) is 6.20. The monoisotopic (exact) mass is 243 g/mol. The summed E-state index contributed by atoms with van der Waals surface area (Å²) < 4.78 is 0. The van der Waals surface area contributed by atoms with Gasteiger partial charge in [-0.25, -0.2) is 0 Å². The third kappa shape index (κ3) is 4.58. The molecule has 0 aliphatic carbocycles. The van der Waals surface area contributed by atoms with Crippen molar-refractivity contribution in [2.45, 2.75) is 26.2 Å². The Kier molecular flexibility index (Phi) is 4.90. The van der Waals surface area contributed by atoms with E-state index < -0.39 is 0 Å². The van der Waals surface area contributed by atoms with Gasteiger partial charge in [0.25, 0.3) is 0 Å². The van der Waals surface area contributed by atoms with E-state index in [-0.39, 0.29) is 11.3 Å². The highest BCUT2D eigenvalue weighted by Gasteiger charge is 2.12.